The average Bonchev–Trinajstić information content (AvgIpc) is 2.47. The zero-order valence-electron chi connectivity index (χ0n) is 11.0. The van der Waals surface area contributed by atoms with Crippen LogP contribution in [0.5, 0.6) is 0 Å². The van der Waals surface area contributed by atoms with Gasteiger partial charge in [-0.2, -0.15) is 0 Å². The van der Waals surface area contributed by atoms with Crippen LogP contribution in [0.25, 0.3) is 21.9 Å². The van der Waals surface area contributed by atoms with Crippen LogP contribution in [0.2, 0.25) is 0 Å². The first-order valence-corrected chi connectivity index (χ1v) is 6.60. The van der Waals surface area contributed by atoms with Crippen molar-refractivity contribution in [3.63, 3.8) is 0 Å². The third-order valence-electron chi connectivity index (χ3n) is 3.44. The van der Waals surface area contributed by atoms with Crippen LogP contribution in [-0.4, -0.2) is 5.91 Å². The fourth-order valence-corrected chi connectivity index (χ4v) is 2.60. The number of benzene rings is 3. The van der Waals surface area contributed by atoms with Crippen molar-refractivity contribution in [1.29, 1.82) is 0 Å². The third kappa shape index (κ3) is 2.28. The van der Waals surface area contributed by atoms with Gasteiger partial charge in [0.1, 0.15) is 0 Å². The molecule has 0 bridgehead atoms. The summed E-state index contributed by atoms with van der Waals surface area (Å²) in [4.78, 5) is 11.3. The predicted octanol–water partition coefficient (Wildman–Crippen LogP) is 3.53. The van der Waals surface area contributed by atoms with Crippen LogP contribution in [0, 0.1) is 0 Å². The molecule has 0 aliphatic heterocycles. The maximum absolute atomic E-state index is 11.3. The van der Waals surface area contributed by atoms with Gasteiger partial charge in [0.15, 0.2) is 0 Å². The van der Waals surface area contributed by atoms with Gasteiger partial charge >= 0.3 is 0 Å². The highest BCUT2D eigenvalue weighted by Gasteiger charge is 2.11. The molecule has 0 unspecified atom stereocenters. The second-order valence-electron chi connectivity index (χ2n) is 4.83. The van der Waals surface area contributed by atoms with Crippen LogP contribution in [0.3, 0.4) is 0 Å². The Morgan fingerprint density at radius 2 is 1.55 bits per heavy atom. The molecule has 0 saturated heterocycles. The van der Waals surface area contributed by atoms with Crippen molar-refractivity contribution >= 4 is 16.7 Å². The van der Waals surface area contributed by atoms with Crippen molar-refractivity contribution in [3.8, 4) is 11.1 Å². The minimum Gasteiger partial charge on any atom is -0.369 e. The molecule has 2 N–H and O–H groups in total. The highest BCUT2D eigenvalue weighted by Crippen LogP contribution is 2.32. The lowest BCUT2D eigenvalue weighted by Crippen LogP contribution is -2.14. The summed E-state index contributed by atoms with van der Waals surface area (Å²) in [6.45, 7) is 0. The number of carbonyl (C=O) groups is 1. The smallest absolute Gasteiger partial charge is 0.221 e. The maximum Gasteiger partial charge on any atom is 0.221 e. The Kier molecular flexibility index (Phi) is 3.21. The van der Waals surface area contributed by atoms with E-state index in [9.17, 15) is 4.79 Å². The predicted molar refractivity (Wildman–Crippen MR) is 82.3 cm³/mol. The van der Waals surface area contributed by atoms with Crippen molar-refractivity contribution in [2.45, 2.75) is 6.42 Å². The van der Waals surface area contributed by atoms with E-state index in [2.05, 4.69) is 24.3 Å². The molecule has 2 nitrogen and oxygen atoms in total. The monoisotopic (exact) mass is 261 g/mol. The van der Waals surface area contributed by atoms with Gasteiger partial charge in [0.25, 0.3) is 0 Å². The zero-order valence-corrected chi connectivity index (χ0v) is 11.0. The number of primary amides is 1. The van der Waals surface area contributed by atoms with Crippen molar-refractivity contribution in [3.05, 3.63) is 72.3 Å². The van der Waals surface area contributed by atoms with E-state index in [0.717, 1.165) is 22.1 Å². The Hall–Kier alpha value is -2.61. The normalized spacial score (nSPS) is 10.6. The summed E-state index contributed by atoms with van der Waals surface area (Å²) in [5, 5.41) is 2.32. The Morgan fingerprint density at radius 3 is 2.30 bits per heavy atom. The van der Waals surface area contributed by atoms with Crippen LogP contribution in [0.15, 0.2) is 66.7 Å². The van der Waals surface area contributed by atoms with Gasteiger partial charge in [-0.05, 0) is 27.5 Å². The van der Waals surface area contributed by atoms with E-state index in [1.807, 2.05) is 42.5 Å². The standard InChI is InChI=1S/C18H15NO/c19-17(20)12-15-11-10-13-6-4-5-9-16(13)18(15)14-7-2-1-3-8-14/h1-11H,12H2,(H2,19,20). The van der Waals surface area contributed by atoms with E-state index in [1.165, 1.54) is 5.39 Å². The molecule has 3 rings (SSSR count). The van der Waals surface area contributed by atoms with Crippen molar-refractivity contribution in [2.75, 3.05) is 0 Å². The SMILES string of the molecule is NC(=O)Cc1ccc2ccccc2c1-c1ccccc1. The van der Waals surface area contributed by atoms with Crippen molar-refractivity contribution < 1.29 is 4.79 Å². The summed E-state index contributed by atoms with van der Waals surface area (Å²) < 4.78 is 0. The van der Waals surface area contributed by atoms with Gasteiger partial charge in [-0.3, -0.25) is 4.79 Å². The minimum atomic E-state index is -0.308. The van der Waals surface area contributed by atoms with Gasteiger partial charge < -0.3 is 5.73 Å². The molecule has 3 aromatic rings. The van der Waals surface area contributed by atoms with Crippen LogP contribution >= 0.6 is 0 Å². The molecule has 3 aromatic carbocycles. The Balaban J connectivity index is 2.31. The number of hydrogen-bond acceptors (Lipinski definition) is 1. The van der Waals surface area contributed by atoms with Crippen LogP contribution < -0.4 is 5.73 Å². The second kappa shape index (κ2) is 5.17. The topological polar surface area (TPSA) is 43.1 Å². The minimum absolute atomic E-state index is 0.259. The number of nitrogens with two attached hydrogens (primary N) is 1. The highest BCUT2D eigenvalue weighted by molar-refractivity contribution is 5.99. The lowest BCUT2D eigenvalue weighted by Gasteiger charge is -2.12. The average molecular weight is 261 g/mol. The van der Waals surface area contributed by atoms with Gasteiger partial charge in [0, 0.05) is 0 Å². The van der Waals surface area contributed by atoms with Crippen molar-refractivity contribution in [2.24, 2.45) is 5.73 Å². The Bertz CT molecular complexity index is 763. The molecule has 20 heavy (non-hydrogen) atoms. The Labute approximate surface area is 117 Å². The number of rotatable bonds is 3. The lowest BCUT2D eigenvalue weighted by molar-refractivity contribution is -0.117. The molecule has 0 aliphatic rings. The molecule has 1 amide bonds. The molecule has 0 saturated carbocycles. The molecular formula is C18H15NO. The zero-order chi connectivity index (χ0) is 13.9. The molecule has 0 aliphatic carbocycles. The van der Waals surface area contributed by atoms with Crippen molar-refractivity contribution in [1.82, 2.24) is 0 Å². The van der Waals surface area contributed by atoms with E-state index < -0.39 is 0 Å². The fraction of sp³-hybridized carbons (Fsp3) is 0.0556. The molecule has 0 aromatic heterocycles. The van der Waals surface area contributed by atoms with Crippen LogP contribution in [0.4, 0.5) is 0 Å². The summed E-state index contributed by atoms with van der Waals surface area (Å²) in [5.74, 6) is -0.308. The van der Waals surface area contributed by atoms with E-state index in [1.54, 1.807) is 0 Å². The first-order valence-electron chi connectivity index (χ1n) is 6.60. The molecule has 0 spiro atoms. The summed E-state index contributed by atoms with van der Waals surface area (Å²) in [5.41, 5.74) is 8.56. The third-order valence-corrected chi connectivity index (χ3v) is 3.44. The summed E-state index contributed by atoms with van der Waals surface area (Å²) in [6.07, 6.45) is 0.259. The van der Waals surface area contributed by atoms with Gasteiger partial charge in [-0.15, -0.1) is 0 Å². The maximum atomic E-state index is 11.3. The first-order chi connectivity index (χ1) is 9.75. The molecule has 0 radical (unpaired) electrons. The molecule has 2 heteroatoms. The fourth-order valence-electron chi connectivity index (χ4n) is 2.60. The number of amides is 1. The summed E-state index contributed by atoms with van der Waals surface area (Å²) in [7, 11) is 0. The number of fused-ring (bicyclic) bond motifs is 1. The number of carbonyl (C=O) groups excluding carboxylic acids is 1. The van der Waals surface area contributed by atoms with Gasteiger partial charge in [-0.1, -0.05) is 66.7 Å². The highest BCUT2D eigenvalue weighted by atomic mass is 16.1. The molecule has 98 valence electrons. The molecule has 0 heterocycles. The molecule has 0 atom stereocenters. The van der Waals surface area contributed by atoms with Crippen LogP contribution in [-0.2, 0) is 11.2 Å². The molecule has 0 fully saturated rings. The lowest BCUT2D eigenvalue weighted by atomic mass is 9.92. The van der Waals surface area contributed by atoms with E-state index in [4.69, 9.17) is 5.73 Å². The van der Waals surface area contributed by atoms with E-state index >= 15 is 0 Å². The summed E-state index contributed by atoms with van der Waals surface area (Å²) in [6, 6.07) is 22.4. The second-order valence-corrected chi connectivity index (χ2v) is 4.83. The van der Waals surface area contributed by atoms with Gasteiger partial charge in [0.05, 0.1) is 6.42 Å². The van der Waals surface area contributed by atoms with Crippen LogP contribution in [0.1, 0.15) is 5.56 Å². The largest absolute Gasteiger partial charge is 0.369 e. The Morgan fingerprint density at radius 1 is 0.850 bits per heavy atom. The summed E-state index contributed by atoms with van der Waals surface area (Å²) >= 11 is 0. The first kappa shape index (κ1) is 12.4. The van der Waals surface area contributed by atoms with Gasteiger partial charge in [0.2, 0.25) is 5.91 Å². The molecular weight excluding hydrogens is 246 g/mol. The number of hydrogen-bond donors (Lipinski definition) is 1. The quantitative estimate of drug-likeness (QED) is 0.770. The van der Waals surface area contributed by atoms with Gasteiger partial charge in [-0.25, -0.2) is 0 Å². The van der Waals surface area contributed by atoms with E-state index in [-0.39, 0.29) is 12.3 Å². The van der Waals surface area contributed by atoms with E-state index in [0.29, 0.717) is 0 Å².